The molecular formula is C23H24ClN7O2. The van der Waals surface area contributed by atoms with Crippen LogP contribution >= 0.6 is 11.6 Å². The van der Waals surface area contributed by atoms with E-state index in [-0.39, 0.29) is 5.91 Å². The van der Waals surface area contributed by atoms with Gasteiger partial charge in [-0.05, 0) is 36.4 Å². The number of primary amides is 1. The monoisotopic (exact) mass is 465 g/mol. The topological polar surface area (TPSA) is 116 Å². The normalized spacial score (nSPS) is 13.5. The van der Waals surface area contributed by atoms with Crippen LogP contribution in [0, 0.1) is 0 Å². The third-order valence-electron chi connectivity index (χ3n) is 5.40. The van der Waals surface area contributed by atoms with Crippen molar-refractivity contribution in [2.24, 2.45) is 5.73 Å². The molecule has 4 rings (SSSR count). The molecule has 33 heavy (non-hydrogen) atoms. The van der Waals surface area contributed by atoms with Gasteiger partial charge >= 0.3 is 0 Å². The summed E-state index contributed by atoms with van der Waals surface area (Å²) in [5.41, 5.74) is 8.19. The number of hydrogen-bond donors (Lipinski definition) is 3. The van der Waals surface area contributed by atoms with E-state index >= 15 is 0 Å². The van der Waals surface area contributed by atoms with E-state index in [1.165, 1.54) is 6.20 Å². The number of carbonyl (C=O) groups excluding carboxylic acids is 2. The summed E-state index contributed by atoms with van der Waals surface area (Å²) in [4.78, 5) is 36.0. The van der Waals surface area contributed by atoms with Gasteiger partial charge in [-0.2, -0.15) is 4.98 Å². The Morgan fingerprint density at radius 1 is 1.00 bits per heavy atom. The molecule has 0 spiro atoms. The number of para-hydroxylation sites is 1. The Balaban J connectivity index is 1.45. The lowest BCUT2D eigenvalue weighted by Crippen LogP contribution is -2.48. The van der Waals surface area contributed by atoms with Crippen molar-refractivity contribution >= 4 is 52.2 Å². The number of hydrogen-bond acceptors (Lipinski definition) is 7. The van der Waals surface area contributed by atoms with Crippen molar-refractivity contribution in [2.75, 3.05) is 41.7 Å². The summed E-state index contributed by atoms with van der Waals surface area (Å²) in [5.74, 6) is 0.262. The summed E-state index contributed by atoms with van der Waals surface area (Å²) in [5, 5.41) is 6.52. The predicted octanol–water partition coefficient (Wildman–Crippen LogP) is 3.38. The zero-order chi connectivity index (χ0) is 23.4. The highest BCUT2D eigenvalue weighted by Gasteiger charge is 2.18. The number of benzene rings is 2. The Hall–Kier alpha value is -3.85. The number of piperazine rings is 1. The molecule has 0 radical (unpaired) electrons. The van der Waals surface area contributed by atoms with Gasteiger partial charge in [0.25, 0.3) is 5.91 Å². The molecule has 170 valence electrons. The summed E-state index contributed by atoms with van der Waals surface area (Å²) in [6.07, 6.45) is 1.48. The van der Waals surface area contributed by atoms with Gasteiger partial charge in [-0.25, -0.2) is 4.98 Å². The molecule has 1 aliphatic heterocycles. The zero-order valence-corrected chi connectivity index (χ0v) is 18.8. The van der Waals surface area contributed by atoms with Gasteiger partial charge in [0.1, 0.15) is 5.02 Å². The first kappa shape index (κ1) is 22.3. The number of nitrogens with zero attached hydrogens (tertiary/aromatic N) is 4. The SMILES string of the molecule is CC(=O)N1CCN(c2ccc(Nc3ncc(Cl)c(Nc4ccccc4C(N)=O)n3)cc2)CC1. The average Bonchev–Trinajstić information content (AvgIpc) is 2.82. The van der Waals surface area contributed by atoms with Crippen molar-refractivity contribution in [2.45, 2.75) is 6.92 Å². The number of carbonyl (C=O) groups is 2. The standard InChI is InChI=1S/C23H24ClN7O2/c1-15(32)30-10-12-31(13-11-30)17-8-6-16(7-9-17)27-23-26-14-19(24)22(29-23)28-20-5-3-2-4-18(20)21(25)33/h2-9,14H,10-13H2,1H3,(H2,25,33)(H2,26,27,28,29). The van der Waals surface area contributed by atoms with Crippen molar-refractivity contribution in [3.8, 4) is 0 Å². The van der Waals surface area contributed by atoms with Crippen molar-refractivity contribution < 1.29 is 9.59 Å². The lowest BCUT2D eigenvalue weighted by Gasteiger charge is -2.35. The van der Waals surface area contributed by atoms with Crippen LogP contribution < -0.4 is 21.3 Å². The molecule has 4 N–H and O–H groups in total. The predicted molar refractivity (Wildman–Crippen MR) is 129 cm³/mol. The molecule has 2 aromatic carbocycles. The molecular weight excluding hydrogens is 442 g/mol. The molecule has 1 aliphatic rings. The van der Waals surface area contributed by atoms with Crippen LogP contribution in [0.5, 0.6) is 0 Å². The number of nitrogens with two attached hydrogens (primary N) is 1. The largest absolute Gasteiger partial charge is 0.368 e. The molecule has 0 saturated carbocycles. The molecule has 1 fully saturated rings. The number of rotatable bonds is 6. The van der Waals surface area contributed by atoms with Crippen LogP contribution in [0.25, 0.3) is 0 Å². The van der Waals surface area contributed by atoms with E-state index in [1.54, 1.807) is 31.2 Å². The van der Waals surface area contributed by atoms with E-state index in [0.717, 1.165) is 37.6 Å². The highest BCUT2D eigenvalue weighted by atomic mass is 35.5. The van der Waals surface area contributed by atoms with Gasteiger partial charge < -0.3 is 26.2 Å². The van der Waals surface area contributed by atoms with Crippen LogP contribution in [0.3, 0.4) is 0 Å². The number of aromatic nitrogens is 2. The fraction of sp³-hybridized carbons (Fsp3) is 0.217. The Kier molecular flexibility index (Phi) is 6.60. The first-order valence-corrected chi connectivity index (χ1v) is 10.8. The van der Waals surface area contributed by atoms with E-state index in [2.05, 4.69) is 25.5 Å². The molecule has 2 amide bonds. The van der Waals surface area contributed by atoms with Crippen LogP contribution in [-0.4, -0.2) is 52.9 Å². The first-order valence-electron chi connectivity index (χ1n) is 10.5. The highest BCUT2D eigenvalue weighted by molar-refractivity contribution is 6.33. The first-order chi connectivity index (χ1) is 15.9. The maximum absolute atomic E-state index is 11.7. The van der Waals surface area contributed by atoms with Crippen LogP contribution in [0.15, 0.2) is 54.7 Å². The minimum Gasteiger partial charge on any atom is -0.368 e. The molecule has 0 aliphatic carbocycles. The quantitative estimate of drug-likeness (QED) is 0.510. The second kappa shape index (κ2) is 9.74. The van der Waals surface area contributed by atoms with E-state index in [9.17, 15) is 9.59 Å². The second-order valence-corrected chi connectivity index (χ2v) is 8.00. The fourth-order valence-electron chi connectivity index (χ4n) is 3.61. The van der Waals surface area contributed by atoms with Crippen LogP contribution in [0.4, 0.5) is 28.8 Å². The van der Waals surface area contributed by atoms with Gasteiger partial charge in [-0.15, -0.1) is 0 Å². The molecule has 2 heterocycles. The molecule has 3 aromatic rings. The summed E-state index contributed by atoms with van der Waals surface area (Å²) < 4.78 is 0. The molecule has 9 nitrogen and oxygen atoms in total. The van der Waals surface area contributed by atoms with Crippen molar-refractivity contribution in [1.29, 1.82) is 0 Å². The minimum absolute atomic E-state index is 0.115. The molecule has 1 saturated heterocycles. The number of amides is 2. The third kappa shape index (κ3) is 5.32. The Labute approximate surface area is 196 Å². The molecule has 0 bridgehead atoms. The highest BCUT2D eigenvalue weighted by Crippen LogP contribution is 2.27. The number of anilines is 5. The molecule has 1 aromatic heterocycles. The average molecular weight is 466 g/mol. The Morgan fingerprint density at radius 2 is 1.70 bits per heavy atom. The van der Waals surface area contributed by atoms with E-state index < -0.39 is 5.91 Å². The van der Waals surface area contributed by atoms with E-state index in [4.69, 9.17) is 17.3 Å². The van der Waals surface area contributed by atoms with Gasteiger partial charge in [0.2, 0.25) is 11.9 Å². The second-order valence-electron chi connectivity index (χ2n) is 7.59. The lowest BCUT2D eigenvalue weighted by atomic mass is 10.1. The van der Waals surface area contributed by atoms with Crippen LogP contribution in [0.2, 0.25) is 5.02 Å². The van der Waals surface area contributed by atoms with Gasteiger partial charge in [0.15, 0.2) is 5.82 Å². The van der Waals surface area contributed by atoms with Crippen LogP contribution in [0.1, 0.15) is 17.3 Å². The Morgan fingerprint density at radius 3 is 2.36 bits per heavy atom. The summed E-state index contributed by atoms with van der Waals surface area (Å²) >= 11 is 6.26. The maximum atomic E-state index is 11.7. The van der Waals surface area contributed by atoms with Gasteiger partial charge in [0, 0.05) is 44.5 Å². The molecule has 10 heteroatoms. The molecule has 0 unspecified atom stereocenters. The van der Waals surface area contributed by atoms with Crippen molar-refractivity contribution in [3.05, 3.63) is 65.3 Å². The van der Waals surface area contributed by atoms with E-state index in [0.29, 0.717) is 28.0 Å². The van der Waals surface area contributed by atoms with Gasteiger partial charge in [-0.1, -0.05) is 23.7 Å². The fourth-order valence-corrected chi connectivity index (χ4v) is 3.75. The van der Waals surface area contributed by atoms with Gasteiger partial charge in [-0.3, -0.25) is 9.59 Å². The summed E-state index contributed by atoms with van der Waals surface area (Å²) in [6, 6.07) is 14.8. The third-order valence-corrected chi connectivity index (χ3v) is 5.68. The zero-order valence-electron chi connectivity index (χ0n) is 18.1. The summed E-state index contributed by atoms with van der Waals surface area (Å²) in [6.45, 7) is 4.65. The van der Waals surface area contributed by atoms with Crippen molar-refractivity contribution in [3.63, 3.8) is 0 Å². The van der Waals surface area contributed by atoms with Gasteiger partial charge in [0.05, 0.1) is 17.4 Å². The minimum atomic E-state index is -0.551. The number of halogens is 1. The maximum Gasteiger partial charge on any atom is 0.250 e. The van der Waals surface area contributed by atoms with Crippen LogP contribution in [-0.2, 0) is 4.79 Å². The smallest absolute Gasteiger partial charge is 0.250 e. The summed E-state index contributed by atoms with van der Waals surface area (Å²) in [7, 11) is 0. The Bertz CT molecular complexity index is 1160. The van der Waals surface area contributed by atoms with E-state index in [1.807, 2.05) is 29.2 Å². The number of nitrogens with one attached hydrogen (secondary N) is 2. The van der Waals surface area contributed by atoms with Crippen molar-refractivity contribution in [1.82, 2.24) is 14.9 Å². The lowest BCUT2D eigenvalue weighted by molar-refractivity contribution is -0.129. The molecule has 0 atom stereocenters.